The number of benzene rings is 1. The standard InChI is InChI=1S/C19H24IN6O2/c1-3-25-18(27)16-17(26(20-2)19(25)28)22-15(21-16)13-23-9-11-24(12-10-23)14-7-5-4-6-8-14/h4-8H,3,9-13H2,1-2H3,(H,21,22)/q-1. The van der Waals surface area contributed by atoms with Crippen molar-refractivity contribution in [3.05, 3.63) is 57.0 Å². The Labute approximate surface area is 173 Å². The van der Waals surface area contributed by atoms with Gasteiger partial charge < -0.3 is 0 Å². The molecule has 0 amide bonds. The van der Waals surface area contributed by atoms with Gasteiger partial charge in [-0.25, -0.2) is 0 Å². The zero-order chi connectivity index (χ0) is 19.7. The molecule has 150 valence electrons. The van der Waals surface area contributed by atoms with Crippen molar-refractivity contribution in [2.24, 2.45) is 0 Å². The van der Waals surface area contributed by atoms with E-state index in [1.165, 1.54) is 10.3 Å². The Morgan fingerprint density at radius 2 is 1.82 bits per heavy atom. The molecule has 0 aliphatic carbocycles. The third-order valence-corrected chi connectivity index (χ3v) is 6.96. The van der Waals surface area contributed by atoms with Crippen LogP contribution in [-0.2, 0) is 13.1 Å². The van der Waals surface area contributed by atoms with Gasteiger partial charge in [-0.2, -0.15) is 0 Å². The van der Waals surface area contributed by atoms with E-state index in [0.717, 1.165) is 32.0 Å². The predicted octanol–water partition coefficient (Wildman–Crippen LogP) is -2.29. The number of piperazine rings is 1. The maximum atomic E-state index is 12.6. The van der Waals surface area contributed by atoms with Crippen molar-refractivity contribution < 1.29 is 21.5 Å². The molecule has 0 spiro atoms. The number of hydrogen-bond acceptors (Lipinski definition) is 5. The van der Waals surface area contributed by atoms with Crippen LogP contribution in [0.3, 0.4) is 0 Å². The first kappa shape index (κ1) is 19.2. The number of aromatic amines is 1. The van der Waals surface area contributed by atoms with E-state index < -0.39 is 21.5 Å². The molecule has 0 radical (unpaired) electrons. The molecular weight excluding hydrogens is 471 g/mol. The number of halogens is 1. The molecule has 1 saturated heterocycles. The zero-order valence-electron chi connectivity index (χ0n) is 16.1. The van der Waals surface area contributed by atoms with Gasteiger partial charge in [0.1, 0.15) is 0 Å². The van der Waals surface area contributed by atoms with Crippen LogP contribution in [0.25, 0.3) is 11.2 Å². The first-order valence-electron chi connectivity index (χ1n) is 9.39. The van der Waals surface area contributed by atoms with Crippen molar-refractivity contribution in [1.82, 2.24) is 22.2 Å². The molecule has 1 aliphatic heterocycles. The topological polar surface area (TPSA) is 79.2 Å². The number of alkyl halides is 1. The Balaban J connectivity index is 1.54. The van der Waals surface area contributed by atoms with Crippen molar-refractivity contribution in [3.8, 4) is 0 Å². The minimum atomic E-state index is -0.548. The molecule has 1 aromatic carbocycles. The first-order valence-corrected chi connectivity index (χ1v) is 12.5. The fraction of sp³-hybridized carbons (Fsp3) is 0.421. The van der Waals surface area contributed by atoms with E-state index in [4.69, 9.17) is 0 Å². The van der Waals surface area contributed by atoms with Gasteiger partial charge in [-0.05, 0) is 0 Å². The summed E-state index contributed by atoms with van der Waals surface area (Å²) < 4.78 is 2.96. The maximum absolute atomic E-state index is 12.6. The number of rotatable bonds is 5. The van der Waals surface area contributed by atoms with Crippen molar-refractivity contribution >= 4 is 16.9 Å². The molecule has 3 aromatic rings. The number of hydrogen-bond donors (Lipinski definition) is 1. The minimum absolute atomic E-state index is 0.246. The van der Waals surface area contributed by atoms with E-state index in [9.17, 15) is 9.59 Å². The molecule has 28 heavy (non-hydrogen) atoms. The van der Waals surface area contributed by atoms with E-state index in [-0.39, 0.29) is 11.2 Å². The van der Waals surface area contributed by atoms with Gasteiger partial charge >= 0.3 is 167 Å². The molecule has 1 N–H and O–H groups in total. The van der Waals surface area contributed by atoms with Crippen LogP contribution < -0.4 is 37.6 Å². The second-order valence-corrected chi connectivity index (χ2v) is 8.69. The van der Waals surface area contributed by atoms with E-state index in [0.29, 0.717) is 24.3 Å². The fourth-order valence-electron chi connectivity index (χ4n) is 3.64. The quantitative estimate of drug-likeness (QED) is 0.319. The SMILES string of the molecule is CCn1c(=O)c2[nH]c(CN3CCN(c4ccccc4)CC3)nc2n([I-]C)c1=O. The van der Waals surface area contributed by atoms with Gasteiger partial charge in [0.2, 0.25) is 0 Å². The summed E-state index contributed by atoms with van der Waals surface area (Å²) in [5.41, 5.74) is 1.68. The molecule has 8 nitrogen and oxygen atoms in total. The fourth-order valence-corrected chi connectivity index (χ4v) is 5.12. The van der Waals surface area contributed by atoms with Crippen molar-refractivity contribution in [1.29, 1.82) is 0 Å². The molecule has 0 saturated carbocycles. The number of aromatic nitrogens is 4. The number of para-hydroxylation sites is 1. The van der Waals surface area contributed by atoms with Gasteiger partial charge in [-0.1, -0.05) is 6.07 Å². The van der Waals surface area contributed by atoms with E-state index in [1.807, 2.05) is 17.9 Å². The molecular formula is C19H24IN6O2-. The van der Waals surface area contributed by atoms with Crippen LogP contribution in [0.15, 0.2) is 39.9 Å². The number of anilines is 1. The third-order valence-electron chi connectivity index (χ3n) is 5.13. The third kappa shape index (κ3) is 3.48. The van der Waals surface area contributed by atoms with Gasteiger partial charge in [0.25, 0.3) is 0 Å². The van der Waals surface area contributed by atoms with Gasteiger partial charge in [0, 0.05) is 0 Å². The van der Waals surface area contributed by atoms with Crippen LogP contribution >= 0.6 is 0 Å². The van der Waals surface area contributed by atoms with E-state index >= 15 is 0 Å². The predicted molar refractivity (Wildman–Crippen MR) is 106 cm³/mol. The Bertz CT molecular complexity index is 1080. The van der Waals surface area contributed by atoms with Gasteiger partial charge in [0.15, 0.2) is 0 Å². The molecule has 0 bridgehead atoms. The van der Waals surface area contributed by atoms with Crippen LogP contribution in [0.5, 0.6) is 0 Å². The van der Waals surface area contributed by atoms with Crippen LogP contribution in [0.1, 0.15) is 12.7 Å². The Kier molecular flexibility index (Phi) is 5.54. The number of nitrogens with one attached hydrogen (secondary N) is 1. The average molecular weight is 495 g/mol. The molecule has 1 aliphatic rings. The molecule has 0 atom stereocenters. The second kappa shape index (κ2) is 8.08. The van der Waals surface area contributed by atoms with Gasteiger partial charge in [-0.15, -0.1) is 0 Å². The summed E-state index contributed by atoms with van der Waals surface area (Å²) in [4.78, 5) is 39.7. The van der Waals surface area contributed by atoms with E-state index in [2.05, 4.69) is 44.0 Å². The second-order valence-electron chi connectivity index (χ2n) is 6.76. The summed E-state index contributed by atoms with van der Waals surface area (Å²) in [6.07, 6.45) is 0. The molecule has 0 unspecified atom stereocenters. The van der Waals surface area contributed by atoms with Crippen molar-refractivity contribution in [2.45, 2.75) is 20.0 Å². The summed E-state index contributed by atoms with van der Waals surface area (Å²) in [7, 11) is 0. The number of nitrogens with zero attached hydrogens (tertiary/aromatic N) is 5. The molecule has 9 heteroatoms. The van der Waals surface area contributed by atoms with Crippen molar-refractivity contribution in [3.63, 3.8) is 0 Å². The zero-order valence-corrected chi connectivity index (χ0v) is 18.2. The molecule has 4 rings (SSSR count). The van der Waals surface area contributed by atoms with Crippen LogP contribution in [0, 0.1) is 0 Å². The summed E-state index contributed by atoms with van der Waals surface area (Å²) in [5, 5.41) is 0. The van der Waals surface area contributed by atoms with Crippen LogP contribution in [-0.4, -0.2) is 53.3 Å². The summed E-state index contributed by atoms with van der Waals surface area (Å²) in [6, 6.07) is 10.4. The average Bonchev–Trinajstić information content (AvgIpc) is 3.14. The van der Waals surface area contributed by atoms with Crippen LogP contribution in [0.2, 0.25) is 0 Å². The molecule has 2 aromatic heterocycles. The van der Waals surface area contributed by atoms with Crippen LogP contribution in [0.4, 0.5) is 5.69 Å². The Hall–Kier alpha value is -2.14. The number of imidazole rings is 1. The molecule has 3 heterocycles. The Morgan fingerprint density at radius 1 is 1.11 bits per heavy atom. The van der Waals surface area contributed by atoms with Crippen molar-refractivity contribution in [2.75, 3.05) is 36.0 Å². The van der Waals surface area contributed by atoms with Gasteiger partial charge in [-0.3, -0.25) is 0 Å². The first-order chi connectivity index (χ1) is 13.6. The number of fused-ring (bicyclic) bond motifs is 1. The monoisotopic (exact) mass is 495 g/mol. The molecule has 1 fully saturated rings. The van der Waals surface area contributed by atoms with E-state index in [1.54, 1.807) is 2.78 Å². The Morgan fingerprint density at radius 3 is 2.46 bits per heavy atom. The number of H-pyrrole nitrogens is 1. The van der Waals surface area contributed by atoms with Gasteiger partial charge in [0.05, 0.1) is 0 Å². The summed E-state index contributed by atoms with van der Waals surface area (Å²) in [5.74, 6) is 0.750. The summed E-state index contributed by atoms with van der Waals surface area (Å²) >= 11 is -0.548. The summed E-state index contributed by atoms with van der Waals surface area (Å²) in [6.45, 7) is 6.61. The normalized spacial score (nSPS) is 15.6.